The van der Waals surface area contributed by atoms with Gasteiger partial charge in [0.2, 0.25) is 0 Å². The minimum absolute atomic E-state index is 0.534. The maximum Gasteiger partial charge on any atom is 0.119 e. The van der Waals surface area contributed by atoms with Gasteiger partial charge in [0, 0.05) is 72.6 Å². The van der Waals surface area contributed by atoms with Crippen molar-refractivity contribution < 1.29 is 9.84 Å². The maximum absolute atomic E-state index is 11.1. The summed E-state index contributed by atoms with van der Waals surface area (Å²) in [5, 5.41) is 12.9. The van der Waals surface area contributed by atoms with E-state index < -0.39 is 6.10 Å². The number of hydrogen-bond donors (Lipinski definition) is 1. The van der Waals surface area contributed by atoms with Crippen LogP contribution in [-0.2, 0) is 7.05 Å². The van der Waals surface area contributed by atoms with Crippen LogP contribution in [0.3, 0.4) is 0 Å². The molecule has 29 heavy (non-hydrogen) atoms. The molecule has 1 fully saturated rings. The summed E-state index contributed by atoms with van der Waals surface area (Å²) in [7, 11) is 3.72. The molecule has 0 saturated carbocycles. The Hall–Kier alpha value is -2.21. The van der Waals surface area contributed by atoms with Crippen LogP contribution in [0, 0.1) is 6.92 Å². The van der Waals surface area contributed by atoms with Gasteiger partial charge in [-0.25, -0.2) is 0 Å². The Labute approximate surface area is 177 Å². The topological polar surface area (TPSA) is 40.9 Å². The molecule has 1 atom stereocenters. The summed E-state index contributed by atoms with van der Waals surface area (Å²) in [6.07, 6.45) is -0.534. The Kier molecular flexibility index (Phi) is 5.72. The van der Waals surface area contributed by atoms with Crippen LogP contribution in [0.1, 0.15) is 17.4 Å². The van der Waals surface area contributed by atoms with E-state index in [9.17, 15) is 5.11 Å². The quantitative estimate of drug-likeness (QED) is 0.686. The number of anilines is 1. The van der Waals surface area contributed by atoms with E-state index in [1.807, 2.05) is 31.3 Å². The van der Waals surface area contributed by atoms with Gasteiger partial charge >= 0.3 is 0 Å². The van der Waals surface area contributed by atoms with Crippen molar-refractivity contribution in [1.29, 1.82) is 0 Å². The van der Waals surface area contributed by atoms with E-state index in [2.05, 4.69) is 39.5 Å². The highest BCUT2D eigenvalue weighted by atomic mass is 35.5. The van der Waals surface area contributed by atoms with Gasteiger partial charge in [-0.2, -0.15) is 0 Å². The van der Waals surface area contributed by atoms with Crippen LogP contribution in [0.15, 0.2) is 42.5 Å². The van der Waals surface area contributed by atoms with Crippen LogP contribution in [-0.4, -0.2) is 54.4 Å². The third kappa shape index (κ3) is 3.95. The van der Waals surface area contributed by atoms with E-state index in [0.29, 0.717) is 6.54 Å². The molecule has 6 heteroatoms. The van der Waals surface area contributed by atoms with E-state index in [1.165, 1.54) is 5.69 Å². The molecule has 2 aromatic carbocycles. The number of nitrogens with zero attached hydrogens (tertiary/aromatic N) is 3. The number of aliphatic hydroxyl groups is 1. The summed E-state index contributed by atoms with van der Waals surface area (Å²) in [4.78, 5) is 4.71. The summed E-state index contributed by atoms with van der Waals surface area (Å²) < 4.78 is 7.55. The predicted octanol–water partition coefficient (Wildman–Crippen LogP) is 4.00. The number of aromatic nitrogens is 1. The molecular weight excluding hydrogens is 386 g/mol. The van der Waals surface area contributed by atoms with Crippen molar-refractivity contribution in [2.45, 2.75) is 13.0 Å². The first-order valence-corrected chi connectivity index (χ1v) is 10.4. The van der Waals surface area contributed by atoms with Crippen molar-refractivity contribution in [3.63, 3.8) is 0 Å². The van der Waals surface area contributed by atoms with Gasteiger partial charge in [0.25, 0.3) is 0 Å². The van der Waals surface area contributed by atoms with Crippen molar-refractivity contribution in [1.82, 2.24) is 9.47 Å². The van der Waals surface area contributed by atoms with Gasteiger partial charge in [0.05, 0.1) is 13.2 Å². The number of piperazine rings is 1. The van der Waals surface area contributed by atoms with Crippen molar-refractivity contribution in [3.05, 3.63) is 58.7 Å². The second-order valence-electron chi connectivity index (χ2n) is 7.72. The second kappa shape index (κ2) is 8.27. The van der Waals surface area contributed by atoms with Crippen LogP contribution in [0.2, 0.25) is 5.02 Å². The molecule has 154 valence electrons. The molecule has 1 aliphatic rings. The van der Waals surface area contributed by atoms with Crippen LogP contribution < -0.4 is 9.64 Å². The lowest BCUT2D eigenvalue weighted by Gasteiger charge is -2.37. The normalized spacial score (nSPS) is 16.4. The predicted molar refractivity (Wildman–Crippen MR) is 119 cm³/mol. The summed E-state index contributed by atoms with van der Waals surface area (Å²) in [6, 6.07) is 14.1. The molecule has 0 amide bonds. The summed E-state index contributed by atoms with van der Waals surface area (Å²) in [5.41, 5.74) is 4.42. The Bertz CT molecular complexity index is 992. The van der Waals surface area contributed by atoms with Gasteiger partial charge in [-0.1, -0.05) is 11.6 Å². The largest absolute Gasteiger partial charge is 0.497 e. The molecule has 3 aromatic rings. The van der Waals surface area contributed by atoms with Gasteiger partial charge in [-0.05, 0) is 49.4 Å². The summed E-state index contributed by atoms with van der Waals surface area (Å²) in [6.45, 7) is 6.43. The highest BCUT2D eigenvalue weighted by Gasteiger charge is 2.24. The van der Waals surface area contributed by atoms with Crippen LogP contribution >= 0.6 is 11.6 Å². The summed E-state index contributed by atoms with van der Waals surface area (Å²) in [5.74, 6) is 0.813. The Balaban J connectivity index is 1.47. The zero-order valence-corrected chi connectivity index (χ0v) is 18.0. The number of ether oxygens (including phenoxy) is 1. The molecule has 0 bridgehead atoms. The van der Waals surface area contributed by atoms with Crippen LogP contribution in [0.4, 0.5) is 5.69 Å². The van der Waals surface area contributed by atoms with E-state index >= 15 is 0 Å². The first kappa shape index (κ1) is 20.1. The SMILES string of the molecule is COc1ccc2c(c1)c(C(O)CN1CCN(c3ccc(Cl)cc3)CC1)c(C)n2C. The minimum Gasteiger partial charge on any atom is -0.497 e. The first-order chi connectivity index (χ1) is 14.0. The van der Waals surface area contributed by atoms with Gasteiger partial charge < -0.3 is 19.3 Å². The molecule has 2 heterocycles. The van der Waals surface area contributed by atoms with Crippen LogP contribution in [0.25, 0.3) is 10.9 Å². The third-order valence-electron chi connectivity index (χ3n) is 6.08. The molecular formula is C23H28ClN3O2. The lowest BCUT2D eigenvalue weighted by Crippen LogP contribution is -2.47. The van der Waals surface area contributed by atoms with Gasteiger partial charge in [-0.3, -0.25) is 4.90 Å². The molecule has 4 rings (SSSR count). The Morgan fingerprint density at radius 3 is 2.41 bits per heavy atom. The molecule has 1 saturated heterocycles. The van der Waals surface area contributed by atoms with Gasteiger partial charge in [-0.15, -0.1) is 0 Å². The number of aryl methyl sites for hydroxylation is 1. The van der Waals surface area contributed by atoms with E-state index in [0.717, 1.165) is 59.1 Å². The standard InChI is InChI=1S/C23H28ClN3O2/c1-16-23(20-14-19(29-3)8-9-21(20)25(16)2)22(28)15-26-10-12-27(13-11-26)18-6-4-17(24)5-7-18/h4-9,14,22,28H,10-13,15H2,1-3H3. The number of β-amino-alcohol motifs (C(OH)–C–C–N with tert-alkyl or cyclic N) is 1. The van der Waals surface area contributed by atoms with Gasteiger partial charge in [0.1, 0.15) is 5.75 Å². The number of fused-ring (bicyclic) bond motifs is 1. The van der Waals surface area contributed by atoms with Gasteiger partial charge in [0.15, 0.2) is 0 Å². The average molecular weight is 414 g/mol. The zero-order chi connectivity index (χ0) is 20.5. The molecule has 1 unspecified atom stereocenters. The first-order valence-electron chi connectivity index (χ1n) is 10.0. The molecule has 0 spiro atoms. The van der Waals surface area contributed by atoms with Crippen molar-refractivity contribution >= 4 is 28.2 Å². The second-order valence-corrected chi connectivity index (χ2v) is 8.16. The van der Waals surface area contributed by atoms with Crippen molar-refractivity contribution in [2.24, 2.45) is 7.05 Å². The fraction of sp³-hybridized carbons (Fsp3) is 0.391. The van der Waals surface area contributed by atoms with Crippen molar-refractivity contribution in [3.8, 4) is 5.75 Å². The lowest BCUT2D eigenvalue weighted by molar-refractivity contribution is 0.110. The van der Waals surface area contributed by atoms with Crippen molar-refractivity contribution in [2.75, 3.05) is 44.7 Å². The number of hydrogen-bond acceptors (Lipinski definition) is 4. The monoisotopic (exact) mass is 413 g/mol. The zero-order valence-electron chi connectivity index (χ0n) is 17.2. The highest BCUT2D eigenvalue weighted by Crippen LogP contribution is 2.33. The Morgan fingerprint density at radius 2 is 1.76 bits per heavy atom. The molecule has 5 nitrogen and oxygen atoms in total. The Morgan fingerprint density at radius 1 is 1.07 bits per heavy atom. The van der Waals surface area contributed by atoms with E-state index in [1.54, 1.807) is 7.11 Å². The number of aliphatic hydroxyl groups excluding tert-OH is 1. The molecule has 0 aliphatic carbocycles. The maximum atomic E-state index is 11.1. The smallest absolute Gasteiger partial charge is 0.119 e. The van der Waals surface area contributed by atoms with Crippen LogP contribution in [0.5, 0.6) is 5.75 Å². The number of methoxy groups -OCH3 is 1. The number of rotatable bonds is 5. The molecule has 1 aromatic heterocycles. The lowest BCUT2D eigenvalue weighted by atomic mass is 10.0. The molecule has 0 radical (unpaired) electrons. The minimum atomic E-state index is -0.534. The molecule has 1 N–H and O–H groups in total. The average Bonchev–Trinajstić information content (AvgIpc) is 2.99. The molecule has 1 aliphatic heterocycles. The fourth-order valence-corrected chi connectivity index (χ4v) is 4.43. The van der Waals surface area contributed by atoms with E-state index in [-0.39, 0.29) is 0 Å². The fourth-order valence-electron chi connectivity index (χ4n) is 4.30. The number of benzene rings is 2. The number of halogens is 1. The third-order valence-corrected chi connectivity index (χ3v) is 6.33. The van der Waals surface area contributed by atoms with E-state index in [4.69, 9.17) is 16.3 Å². The highest BCUT2D eigenvalue weighted by molar-refractivity contribution is 6.30. The summed E-state index contributed by atoms with van der Waals surface area (Å²) >= 11 is 6.00.